The summed E-state index contributed by atoms with van der Waals surface area (Å²) in [6.07, 6.45) is 0. The van der Waals surface area contributed by atoms with Crippen LogP contribution in [0.5, 0.6) is 17.2 Å². The summed E-state index contributed by atoms with van der Waals surface area (Å²) in [7, 11) is 3.07. The molecule has 0 aliphatic rings. The van der Waals surface area contributed by atoms with E-state index in [1.807, 2.05) is 31.2 Å². The largest absolute Gasteiger partial charge is 0.504 e. The molecule has 3 heteroatoms. The number of benzene rings is 2. The molecule has 0 aliphatic heterocycles. The van der Waals surface area contributed by atoms with Crippen molar-refractivity contribution in [2.75, 3.05) is 14.2 Å². The molecule has 0 bridgehead atoms. The van der Waals surface area contributed by atoms with Gasteiger partial charge in [-0.15, -0.1) is 0 Å². The van der Waals surface area contributed by atoms with E-state index in [1.54, 1.807) is 7.11 Å². The monoisotopic (exact) mass is 218 g/mol. The summed E-state index contributed by atoms with van der Waals surface area (Å²) in [5.74, 6) is 1.04. The number of fused-ring (bicyclic) bond motifs is 1. The number of hydrogen-bond donors (Lipinski definition) is 1. The first-order chi connectivity index (χ1) is 7.67. The van der Waals surface area contributed by atoms with Gasteiger partial charge in [0.2, 0.25) is 5.75 Å². The van der Waals surface area contributed by atoms with Crippen LogP contribution in [0, 0.1) is 6.92 Å². The SMILES string of the molecule is COc1cc2cc(C)ccc2c(O)c1OC. The Labute approximate surface area is 94.2 Å². The minimum Gasteiger partial charge on any atom is -0.504 e. The van der Waals surface area contributed by atoms with Gasteiger partial charge in [0, 0.05) is 5.39 Å². The standard InChI is InChI=1S/C13H14O3/c1-8-4-5-10-9(6-8)7-11(15-2)13(16-3)12(10)14/h4-7,14H,1-3H3. The molecule has 0 fully saturated rings. The summed E-state index contributed by atoms with van der Waals surface area (Å²) in [6.45, 7) is 2.01. The summed E-state index contributed by atoms with van der Waals surface area (Å²) in [4.78, 5) is 0. The van der Waals surface area contributed by atoms with E-state index in [9.17, 15) is 5.11 Å². The third kappa shape index (κ3) is 1.54. The van der Waals surface area contributed by atoms with Gasteiger partial charge in [-0.25, -0.2) is 0 Å². The zero-order valence-corrected chi connectivity index (χ0v) is 9.57. The van der Waals surface area contributed by atoms with Crippen molar-refractivity contribution in [1.29, 1.82) is 0 Å². The zero-order valence-electron chi connectivity index (χ0n) is 9.57. The van der Waals surface area contributed by atoms with Crippen molar-refractivity contribution in [3.8, 4) is 17.2 Å². The van der Waals surface area contributed by atoms with Gasteiger partial charge >= 0.3 is 0 Å². The lowest BCUT2D eigenvalue weighted by Crippen LogP contribution is -1.91. The van der Waals surface area contributed by atoms with E-state index < -0.39 is 0 Å². The molecule has 0 saturated carbocycles. The number of hydrogen-bond acceptors (Lipinski definition) is 3. The first-order valence-electron chi connectivity index (χ1n) is 5.01. The molecule has 0 amide bonds. The Bertz CT molecular complexity index is 532. The molecule has 16 heavy (non-hydrogen) atoms. The summed E-state index contributed by atoms with van der Waals surface area (Å²) in [6, 6.07) is 7.69. The Balaban J connectivity index is 2.82. The highest BCUT2D eigenvalue weighted by atomic mass is 16.5. The molecule has 3 nitrogen and oxygen atoms in total. The van der Waals surface area contributed by atoms with Gasteiger partial charge in [-0.1, -0.05) is 23.8 Å². The zero-order chi connectivity index (χ0) is 11.7. The Kier molecular flexibility index (Phi) is 2.60. The van der Waals surface area contributed by atoms with Crippen LogP contribution in [0.25, 0.3) is 10.8 Å². The molecule has 84 valence electrons. The van der Waals surface area contributed by atoms with Crippen molar-refractivity contribution in [3.63, 3.8) is 0 Å². The van der Waals surface area contributed by atoms with Crippen LogP contribution in [0.4, 0.5) is 0 Å². The third-order valence-corrected chi connectivity index (χ3v) is 2.61. The van der Waals surface area contributed by atoms with Crippen LogP contribution in [-0.2, 0) is 0 Å². The van der Waals surface area contributed by atoms with E-state index in [-0.39, 0.29) is 5.75 Å². The lowest BCUT2D eigenvalue weighted by Gasteiger charge is -2.12. The molecule has 2 aromatic carbocycles. The number of phenolic OH excluding ortho intramolecular Hbond substituents is 1. The highest BCUT2D eigenvalue weighted by molar-refractivity contribution is 5.93. The Morgan fingerprint density at radius 3 is 2.44 bits per heavy atom. The van der Waals surface area contributed by atoms with Crippen LogP contribution in [0.3, 0.4) is 0 Å². The molecule has 0 aliphatic carbocycles. The smallest absolute Gasteiger partial charge is 0.203 e. The topological polar surface area (TPSA) is 38.7 Å². The number of aryl methyl sites for hydroxylation is 1. The average molecular weight is 218 g/mol. The van der Waals surface area contributed by atoms with E-state index >= 15 is 0 Å². The maximum atomic E-state index is 10.0. The summed E-state index contributed by atoms with van der Waals surface area (Å²) in [5.41, 5.74) is 1.14. The van der Waals surface area contributed by atoms with Gasteiger partial charge in [0.1, 0.15) is 0 Å². The molecule has 0 aromatic heterocycles. The molecule has 2 aromatic rings. The summed E-state index contributed by atoms with van der Waals surface area (Å²) < 4.78 is 10.3. The lowest BCUT2D eigenvalue weighted by molar-refractivity contribution is 0.335. The van der Waals surface area contributed by atoms with Gasteiger partial charge in [0.05, 0.1) is 14.2 Å². The average Bonchev–Trinajstić information content (AvgIpc) is 2.28. The Morgan fingerprint density at radius 2 is 1.81 bits per heavy atom. The van der Waals surface area contributed by atoms with E-state index in [1.165, 1.54) is 7.11 Å². The van der Waals surface area contributed by atoms with Crippen LogP contribution >= 0.6 is 0 Å². The molecule has 0 radical (unpaired) electrons. The highest BCUT2D eigenvalue weighted by Gasteiger charge is 2.13. The molecule has 0 unspecified atom stereocenters. The second-order valence-electron chi connectivity index (χ2n) is 3.69. The van der Waals surface area contributed by atoms with E-state index in [0.717, 1.165) is 16.3 Å². The van der Waals surface area contributed by atoms with E-state index in [4.69, 9.17) is 9.47 Å². The fourth-order valence-corrected chi connectivity index (χ4v) is 1.81. The van der Waals surface area contributed by atoms with Crippen LogP contribution in [0.2, 0.25) is 0 Å². The first-order valence-corrected chi connectivity index (χ1v) is 5.01. The quantitative estimate of drug-likeness (QED) is 0.842. The van der Waals surface area contributed by atoms with Gasteiger partial charge in [0.25, 0.3) is 0 Å². The summed E-state index contributed by atoms with van der Waals surface area (Å²) >= 11 is 0. The predicted octanol–water partition coefficient (Wildman–Crippen LogP) is 2.87. The normalized spacial score (nSPS) is 10.4. The van der Waals surface area contributed by atoms with Crippen molar-refractivity contribution in [3.05, 3.63) is 29.8 Å². The first kappa shape index (κ1) is 10.6. The molecule has 0 saturated heterocycles. The van der Waals surface area contributed by atoms with Crippen LogP contribution in [0.1, 0.15) is 5.56 Å². The number of phenols is 1. The highest BCUT2D eigenvalue weighted by Crippen LogP contribution is 2.42. The van der Waals surface area contributed by atoms with Gasteiger partial charge in [-0.3, -0.25) is 0 Å². The van der Waals surface area contributed by atoms with Gasteiger partial charge < -0.3 is 14.6 Å². The second-order valence-corrected chi connectivity index (χ2v) is 3.69. The van der Waals surface area contributed by atoms with Crippen molar-refractivity contribution >= 4 is 10.8 Å². The van der Waals surface area contributed by atoms with Crippen molar-refractivity contribution in [2.24, 2.45) is 0 Å². The van der Waals surface area contributed by atoms with Gasteiger partial charge in [-0.2, -0.15) is 0 Å². The van der Waals surface area contributed by atoms with Crippen LogP contribution in [-0.4, -0.2) is 19.3 Å². The Hall–Kier alpha value is -1.90. The van der Waals surface area contributed by atoms with Crippen molar-refractivity contribution < 1.29 is 14.6 Å². The predicted molar refractivity (Wildman–Crippen MR) is 63.5 cm³/mol. The van der Waals surface area contributed by atoms with Crippen molar-refractivity contribution in [2.45, 2.75) is 6.92 Å². The molecular formula is C13H14O3. The van der Waals surface area contributed by atoms with Crippen molar-refractivity contribution in [1.82, 2.24) is 0 Å². The second kappa shape index (κ2) is 3.93. The molecule has 1 N–H and O–H groups in total. The fraction of sp³-hybridized carbons (Fsp3) is 0.231. The molecule has 0 spiro atoms. The lowest BCUT2D eigenvalue weighted by atomic mass is 10.1. The van der Waals surface area contributed by atoms with Crippen LogP contribution in [0.15, 0.2) is 24.3 Å². The maximum absolute atomic E-state index is 10.0. The number of rotatable bonds is 2. The maximum Gasteiger partial charge on any atom is 0.203 e. The molecule has 0 heterocycles. The Morgan fingerprint density at radius 1 is 1.06 bits per heavy atom. The van der Waals surface area contributed by atoms with E-state index in [0.29, 0.717) is 11.5 Å². The number of ether oxygens (including phenoxy) is 2. The van der Waals surface area contributed by atoms with Crippen LogP contribution < -0.4 is 9.47 Å². The number of aromatic hydroxyl groups is 1. The molecular weight excluding hydrogens is 204 g/mol. The minimum atomic E-state index is 0.122. The van der Waals surface area contributed by atoms with E-state index in [2.05, 4.69) is 0 Å². The van der Waals surface area contributed by atoms with Gasteiger partial charge in [0.15, 0.2) is 11.5 Å². The fourth-order valence-electron chi connectivity index (χ4n) is 1.81. The molecule has 2 rings (SSSR count). The third-order valence-electron chi connectivity index (χ3n) is 2.61. The summed E-state index contributed by atoms with van der Waals surface area (Å²) in [5, 5.41) is 11.8. The molecule has 0 atom stereocenters. The number of methoxy groups -OCH3 is 2. The minimum absolute atomic E-state index is 0.122. The van der Waals surface area contributed by atoms with Gasteiger partial charge in [-0.05, 0) is 18.4 Å².